The first kappa shape index (κ1) is 15.2. The van der Waals surface area contributed by atoms with E-state index in [1.165, 1.54) is 0 Å². The minimum absolute atomic E-state index is 0.120. The van der Waals surface area contributed by atoms with Crippen LogP contribution in [0.3, 0.4) is 0 Å². The molecule has 0 fully saturated rings. The van der Waals surface area contributed by atoms with Crippen molar-refractivity contribution >= 4 is 0 Å². The van der Waals surface area contributed by atoms with Gasteiger partial charge in [-0.15, -0.1) is 0 Å². The van der Waals surface area contributed by atoms with Crippen molar-refractivity contribution in [1.29, 1.82) is 0 Å². The van der Waals surface area contributed by atoms with Gasteiger partial charge < -0.3 is 5.32 Å². The molecule has 102 valence electrons. The van der Waals surface area contributed by atoms with Gasteiger partial charge in [-0.3, -0.25) is 0 Å². The Morgan fingerprint density at radius 2 is 1.83 bits per heavy atom. The molecule has 0 heterocycles. The normalized spacial score (nSPS) is 15.5. The number of hydrogen-bond donors (Lipinski definition) is 1. The van der Waals surface area contributed by atoms with Gasteiger partial charge in [0.25, 0.3) is 0 Å². The zero-order chi connectivity index (χ0) is 13.9. The lowest BCUT2D eigenvalue weighted by Crippen LogP contribution is -2.31. The Kier molecular flexibility index (Phi) is 4.92. The Hall–Kier alpha value is -0.890. The number of aryl methyl sites for hydroxylation is 1. The summed E-state index contributed by atoms with van der Waals surface area (Å²) in [6.45, 7) is 13.8. The van der Waals surface area contributed by atoms with Crippen molar-refractivity contribution < 1.29 is 4.39 Å². The lowest BCUT2D eigenvalue weighted by atomic mass is 9.82. The summed E-state index contributed by atoms with van der Waals surface area (Å²) in [4.78, 5) is 0. The lowest BCUT2D eigenvalue weighted by molar-refractivity contribution is 0.247. The van der Waals surface area contributed by atoms with E-state index in [-0.39, 0.29) is 11.9 Å². The van der Waals surface area contributed by atoms with Crippen molar-refractivity contribution in [2.75, 3.05) is 6.54 Å². The second-order valence-electron chi connectivity index (χ2n) is 6.41. The number of hydrogen-bond acceptors (Lipinski definition) is 1. The number of nitrogens with one attached hydrogen (secondary N) is 1. The number of rotatable bonds is 4. The Balaban J connectivity index is 2.60. The molecule has 0 saturated heterocycles. The SMILES string of the molecule is Cc1ccc(C(C)NCC(C)C(C)(C)C)cc1F. The second-order valence-corrected chi connectivity index (χ2v) is 6.41. The number of benzene rings is 1. The van der Waals surface area contributed by atoms with Crippen molar-refractivity contribution in [1.82, 2.24) is 5.32 Å². The van der Waals surface area contributed by atoms with Crippen LogP contribution in [0.5, 0.6) is 0 Å². The second kappa shape index (κ2) is 5.83. The molecule has 0 spiro atoms. The Morgan fingerprint density at radius 1 is 1.22 bits per heavy atom. The van der Waals surface area contributed by atoms with Gasteiger partial charge in [-0.2, -0.15) is 0 Å². The zero-order valence-corrected chi connectivity index (χ0v) is 12.5. The van der Waals surface area contributed by atoms with Gasteiger partial charge in [-0.05, 0) is 48.9 Å². The molecular formula is C16H26FN. The highest BCUT2D eigenvalue weighted by atomic mass is 19.1. The van der Waals surface area contributed by atoms with Gasteiger partial charge in [0, 0.05) is 6.04 Å². The molecule has 0 saturated carbocycles. The maximum absolute atomic E-state index is 13.5. The molecule has 0 amide bonds. The Labute approximate surface area is 111 Å². The third kappa shape index (κ3) is 4.09. The summed E-state index contributed by atoms with van der Waals surface area (Å²) < 4.78 is 13.5. The molecule has 0 aliphatic heterocycles. The van der Waals surface area contributed by atoms with Gasteiger partial charge in [0.05, 0.1) is 0 Å². The molecule has 1 aromatic carbocycles. The van der Waals surface area contributed by atoms with E-state index >= 15 is 0 Å². The third-order valence-electron chi connectivity index (χ3n) is 3.90. The molecule has 18 heavy (non-hydrogen) atoms. The van der Waals surface area contributed by atoms with Crippen LogP contribution in [0.25, 0.3) is 0 Å². The minimum Gasteiger partial charge on any atom is -0.310 e. The molecule has 0 aliphatic rings. The summed E-state index contributed by atoms with van der Waals surface area (Å²) in [5.74, 6) is 0.459. The van der Waals surface area contributed by atoms with Crippen molar-refractivity contribution in [2.45, 2.75) is 47.6 Å². The van der Waals surface area contributed by atoms with E-state index < -0.39 is 0 Å². The van der Waals surface area contributed by atoms with Crippen molar-refractivity contribution in [3.8, 4) is 0 Å². The minimum atomic E-state index is -0.120. The molecule has 0 radical (unpaired) electrons. The monoisotopic (exact) mass is 251 g/mol. The van der Waals surface area contributed by atoms with E-state index in [2.05, 4.69) is 39.9 Å². The van der Waals surface area contributed by atoms with Gasteiger partial charge in [0.2, 0.25) is 0 Å². The predicted molar refractivity (Wildman–Crippen MR) is 76.2 cm³/mol. The fourth-order valence-electron chi connectivity index (χ4n) is 1.66. The molecule has 1 aromatic rings. The standard InChI is InChI=1S/C16H26FN/c1-11-7-8-14(9-15(11)17)13(3)18-10-12(2)16(4,5)6/h7-9,12-13,18H,10H2,1-6H3. The lowest BCUT2D eigenvalue weighted by Gasteiger charge is -2.29. The summed E-state index contributed by atoms with van der Waals surface area (Å²) >= 11 is 0. The summed E-state index contributed by atoms with van der Waals surface area (Å²) in [5.41, 5.74) is 2.01. The highest BCUT2D eigenvalue weighted by Gasteiger charge is 2.20. The average molecular weight is 251 g/mol. The van der Waals surface area contributed by atoms with E-state index in [4.69, 9.17) is 0 Å². The predicted octanol–water partition coefficient (Wildman–Crippen LogP) is 4.47. The van der Waals surface area contributed by atoms with Crippen molar-refractivity contribution in [2.24, 2.45) is 11.3 Å². The molecule has 0 aromatic heterocycles. The molecule has 1 nitrogen and oxygen atoms in total. The van der Waals surface area contributed by atoms with Crippen molar-refractivity contribution in [3.63, 3.8) is 0 Å². The first-order chi connectivity index (χ1) is 8.21. The van der Waals surface area contributed by atoms with Gasteiger partial charge in [0.1, 0.15) is 5.82 Å². The topological polar surface area (TPSA) is 12.0 Å². The van der Waals surface area contributed by atoms with E-state index in [0.717, 1.165) is 12.1 Å². The molecule has 1 rings (SSSR count). The van der Waals surface area contributed by atoms with Crippen LogP contribution in [0.2, 0.25) is 0 Å². The van der Waals surface area contributed by atoms with Crippen LogP contribution < -0.4 is 5.32 Å². The first-order valence-corrected chi connectivity index (χ1v) is 6.71. The fourth-order valence-corrected chi connectivity index (χ4v) is 1.66. The summed E-state index contributed by atoms with van der Waals surface area (Å²) in [7, 11) is 0. The van der Waals surface area contributed by atoms with Gasteiger partial charge >= 0.3 is 0 Å². The van der Waals surface area contributed by atoms with Gasteiger partial charge in [-0.25, -0.2) is 4.39 Å². The molecule has 0 bridgehead atoms. The van der Waals surface area contributed by atoms with Crippen LogP contribution in [0, 0.1) is 24.1 Å². The molecule has 2 atom stereocenters. The van der Waals surface area contributed by atoms with Gasteiger partial charge in [-0.1, -0.05) is 39.8 Å². The Morgan fingerprint density at radius 3 is 2.33 bits per heavy atom. The first-order valence-electron chi connectivity index (χ1n) is 6.71. The maximum Gasteiger partial charge on any atom is 0.126 e. The molecule has 1 N–H and O–H groups in total. The maximum atomic E-state index is 13.5. The van der Waals surface area contributed by atoms with Gasteiger partial charge in [0.15, 0.2) is 0 Å². The molecule has 2 unspecified atom stereocenters. The quantitative estimate of drug-likeness (QED) is 0.832. The average Bonchev–Trinajstić information content (AvgIpc) is 2.27. The third-order valence-corrected chi connectivity index (χ3v) is 3.90. The zero-order valence-electron chi connectivity index (χ0n) is 12.5. The van der Waals surface area contributed by atoms with E-state index in [1.807, 2.05) is 12.1 Å². The van der Waals surface area contributed by atoms with E-state index in [1.54, 1.807) is 13.0 Å². The Bertz CT molecular complexity index is 393. The number of halogens is 1. The highest BCUT2D eigenvalue weighted by Crippen LogP contribution is 2.25. The van der Waals surface area contributed by atoms with Crippen LogP contribution in [-0.2, 0) is 0 Å². The van der Waals surface area contributed by atoms with Crippen LogP contribution in [0.15, 0.2) is 18.2 Å². The van der Waals surface area contributed by atoms with Crippen molar-refractivity contribution in [3.05, 3.63) is 35.1 Å². The highest BCUT2D eigenvalue weighted by molar-refractivity contribution is 5.25. The summed E-state index contributed by atoms with van der Waals surface area (Å²) in [5, 5.41) is 3.49. The van der Waals surface area contributed by atoms with Crippen LogP contribution in [0.1, 0.15) is 51.8 Å². The smallest absolute Gasteiger partial charge is 0.126 e. The largest absolute Gasteiger partial charge is 0.310 e. The van der Waals surface area contributed by atoms with E-state index in [0.29, 0.717) is 16.9 Å². The van der Waals surface area contributed by atoms with Crippen LogP contribution in [0.4, 0.5) is 4.39 Å². The van der Waals surface area contributed by atoms with Crippen LogP contribution in [-0.4, -0.2) is 6.54 Å². The van der Waals surface area contributed by atoms with Crippen LogP contribution >= 0.6 is 0 Å². The molecule has 0 aliphatic carbocycles. The summed E-state index contributed by atoms with van der Waals surface area (Å²) in [6.07, 6.45) is 0. The fraction of sp³-hybridized carbons (Fsp3) is 0.625. The summed E-state index contributed by atoms with van der Waals surface area (Å²) in [6, 6.07) is 5.66. The van der Waals surface area contributed by atoms with E-state index in [9.17, 15) is 4.39 Å². The molecular weight excluding hydrogens is 225 g/mol. The molecule has 2 heteroatoms.